The average molecular weight is 480 g/mol. The summed E-state index contributed by atoms with van der Waals surface area (Å²) >= 11 is 0. The van der Waals surface area contributed by atoms with E-state index in [1.165, 1.54) is 6.42 Å². The van der Waals surface area contributed by atoms with Crippen LogP contribution in [0.2, 0.25) is 0 Å². The van der Waals surface area contributed by atoms with Crippen molar-refractivity contribution in [1.29, 1.82) is 0 Å². The predicted octanol–water partition coefficient (Wildman–Crippen LogP) is 5.03. The Labute approximate surface area is 208 Å². The van der Waals surface area contributed by atoms with Gasteiger partial charge in [0.15, 0.2) is 11.4 Å². The molecule has 0 spiro atoms. The summed E-state index contributed by atoms with van der Waals surface area (Å²) in [5.74, 6) is 1.58. The number of rotatable bonds is 11. The number of nitrogens with zero attached hydrogens (tertiary/aromatic N) is 2. The van der Waals surface area contributed by atoms with Crippen LogP contribution in [0.25, 0.3) is 0 Å². The Hall–Kier alpha value is -2.67. The van der Waals surface area contributed by atoms with Crippen molar-refractivity contribution in [2.45, 2.75) is 50.7 Å². The van der Waals surface area contributed by atoms with Crippen LogP contribution in [0.3, 0.4) is 0 Å². The molecule has 1 heterocycles. The highest BCUT2D eigenvalue weighted by atomic mass is 16.5. The first kappa shape index (κ1) is 25.4. The third-order valence-corrected chi connectivity index (χ3v) is 7.19. The standard InChI is InChI=1S/C29H38N2O4/c1-31(2,18-20-34-19-17-23-13-15-26(32)16-14-23)22-27-21-30-28(35-27)29(33,24-9-5-3-6-10-24)25-11-7-4-8-12-25/h3,5-6,9-10,13-16,21,25,33H,4,7-8,11-12,17-20,22H2,1-2H3/p+1. The number of aromatic nitrogens is 1. The molecule has 0 aliphatic heterocycles. The first-order chi connectivity index (χ1) is 16.9. The third kappa shape index (κ3) is 6.51. The number of hydrogen-bond acceptors (Lipinski definition) is 5. The molecule has 0 bridgehead atoms. The third-order valence-electron chi connectivity index (χ3n) is 7.19. The number of phenolic OH excluding ortho intramolecular Hbond substituents is 1. The first-order valence-electron chi connectivity index (χ1n) is 12.8. The molecule has 2 N–H and O–H groups in total. The molecule has 6 nitrogen and oxygen atoms in total. The van der Waals surface area contributed by atoms with Crippen molar-refractivity contribution >= 4 is 0 Å². The molecule has 6 heteroatoms. The molecule has 4 rings (SSSR count). The number of hydrogen-bond donors (Lipinski definition) is 2. The summed E-state index contributed by atoms with van der Waals surface area (Å²) in [4.78, 5) is 4.60. The Morgan fingerprint density at radius 1 is 1.00 bits per heavy atom. The molecule has 3 aromatic rings. The molecule has 0 radical (unpaired) electrons. The molecule has 0 amide bonds. The Kier molecular flexibility index (Phi) is 8.26. The Balaban J connectivity index is 1.35. The average Bonchev–Trinajstić information content (AvgIpc) is 3.33. The molecule has 1 aromatic heterocycles. The highest BCUT2D eigenvalue weighted by Crippen LogP contribution is 2.43. The van der Waals surface area contributed by atoms with Crippen LogP contribution in [0.4, 0.5) is 0 Å². The van der Waals surface area contributed by atoms with Crippen molar-refractivity contribution in [3.05, 3.63) is 83.6 Å². The first-order valence-corrected chi connectivity index (χ1v) is 12.8. The van der Waals surface area contributed by atoms with Gasteiger partial charge in [-0.2, -0.15) is 0 Å². The molecule has 0 saturated heterocycles. The van der Waals surface area contributed by atoms with Gasteiger partial charge < -0.3 is 23.9 Å². The van der Waals surface area contributed by atoms with Crippen molar-refractivity contribution in [2.75, 3.05) is 33.9 Å². The summed E-state index contributed by atoms with van der Waals surface area (Å²) in [5.41, 5.74) is 0.805. The molecule has 35 heavy (non-hydrogen) atoms. The second-order valence-corrected chi connectivity index (χ2v) is 10.4. The van der Waals surface area contributed by atoms with Crippen LogP contribution in [0, 0.1) is 5.92 Å². The van der Waals surface area contributed by atoms with E-state index >= 15 is 0 Å². The monoisotopic (exact) mass is 479 g/mol. The minimum atomic E-state index is -1.20. The fraction of sp³-hybridized carbons (Fsp3) is 0.483. The van der Waals surface area contributed by atoms with Gasteiger partial charge in [0.05, 0.1) is 33.5 Å². The molecule has 1 saturated carbocycles. The number of oxazole rings is 1. The fourth-order valence-corrected chi connectivity index (χ4v) is 5.07. The van der Waals surface area contributed by atoms with Crippen molar-refractivity contribution in [1.82, 2.24) is 4.98 Å². The highest BCUT2D eigenvalue weighted by molar-refractivity contribution is 5.30. The second kappa shape index (κ2) is 11.4. The molecule has 1 atom stereocenters. The van der Waals surface area contributed by atoms with E-state index in [9.17, 15) is 10.2 Å². The smallest absolute Gasteiger partial charge is 0.231 e. The minimum Gasteiger partial charge on any atom is -0.508 e. The minimum absolute atomic E-state index is 0.106. The number of phenols is 1. The van der Waals surface area contributed by atoms with Gasteiger partial charge in [-0.15, -0.1) is 0 Å². The summed E-state index contributed by atoms with van der Waals surface area (Å²) < 4.78 is 12.8. The van der Waals surface area contributed by atoms with E-state index in [1.54, 1.807) is 18.3 Å². The largest absolute Gasteiger partial charge is 0.508 e. The van der Waals surface area contributed by atoms with Gasteiger partial charge in [-0.3, -0.25) is 0 Å². The molecule has 2 aromatic carbocycles. The maximum atomic E-state index is 12.0. The van der Waals surface area contributed by atoms with E-state index in [0.29, 0.717) is 30.1 Å². The SMILES string of the molecule is C[N+](C)(CCOCCc1ccc(O)cc1)Cc1cnc(C(O)(c2ccccc2)C2CCCCC2)o1. The van der Waals surface area contributed by atoms with Gasteiger partial charge in [0.1, 0.15) is 18.8 Å². The fourth-order valence-electron chi connectivity index (χ4n) is 5.07. The van der Waals surface area contributed by atoms with Crippen LogP contribution in [-0.4, -0.2) is 53.5 Å². The lowest BCUT2D eigenvalue weighted by molar-refractivity contribution is -0.904. The van der Waals surface area contributed by atoms with Gasteiger partial charge >= 0.3 is 0 Å². The number of likely N-dealkylation sites (N-methyl/N-ethyl adjacent to an activating group) is 1. The number of ether oxygens (including phenoxy) is 1. The Bertz CT molecular complexity index is 1040. The molecular weight excluding hydrogens is 440 g/mol. The highest BCUT2D eigenvalue weighted by Gasteiger charge is 2.44. The molecule has 1 unspecified atom stereocenters. The number of quaternary nitrogens is 1. The zero-order valence-electron chi connectivity index (χ0n) is 21.0. The van der Waals surface area contributed by atoms with Crippen LogP contribution in [0.5, 0.6) is 5.75 Å². The van der Waals surface area contributed by atoms with Gasteiger partial charge in [0, 0.05) is 5.92 Å². The van der Waals surface area contributed by atoms with Gasteiger partial charge in [0.25, 0.3) is 0 Å². The van der Waals surface area contributed by atoms with Crippen LogP contribution in [0.1, 0.15) is 54.9 Å². The molecule has 188 valence electrons. The van der Waals surface area contributed by atoms with Gasteiger partial charge in [0.2, 0.25) is 5.89 Å². The predicted molar refractivity (Wildman–Crippen MR) is 136 cm³/mol. The van der Waals surface area contributed by atoms with E-state index in [0.717, 1.165) is 55.5 Å². The Morgan fingerprint density at radius 2 is 1.71 bits per heavy atom. The van der Waals surface area contributed by atoms with Gasteiger partial charge in [-0.05, 0) is 42.5 Å². The molecule has 1 aliphatic rings. The lowest BCUT2D eigenvalue weighted by Crippen LogP contribution is -2.41. The summed E-state index contributed by atoms with van der Waals surface area (Å²) in [6, 6.07) is 17.1. The van der Waals surface area contributed by atoms with E-state index in [2.05, 4.69) is 19.1 Å². The summed E-state index contributed by atoms with van der Waals surface area (Å²) in [7, 11) is 4.30. The lowest BCUT2D eigenvalue weighted by Gasteiger charge is -2.36. The maximum absolute atomic E-state index is 12.0. The zero-order chi connectivity index (χ0) is 24.7. The normalized spacial score (nSPS) is 16.8. The zero-order valence-corrected chi connectivity index (χ0v) is 21.0. The van der Waals surface area contributed by atoms with E-state index in [-0.39, 0.29) is 11.7 Å². The van der Waals surface area contributed by atoms with E-state index in [1.807, 2.05) is 42.5 Å². The van der Waals surface area contributed by atoms with Crippen LogP contribution < -0.4 is 0 Å². The van der Waals surface area contributed by atoms with Crippen molar-refractivity contribution in [2.24, 2.45) is 5.92 Å². The second-order valence-electron chi connectivity index (χ2n) is 10.4. The van der Waals surface area contributed by atoms with E-state index in [4.69, 9.17) is 9.15 Å². The summed E-state index contributed by atoms with van der Waals surface area (Å²) in [6.45, 7) is 2.78. The van der Waals surface area contributed by atoms with Crippen LogP contribution in [0.15, 0.2) is 65.2 Å². The Morgan fingerprint density at radius 3 is 2.43 bits per heavy atom. The van der Waals surface area contributed by atoms with Crippen LogP contribution >= 0.6 is 0 Å². The maximum Gasteiger partial charge on any atom is 0.231 e. The molecular formula is C29H39N2O4+. The lowest BCUT2D eigenvalue weighted by atomic mass is 9.73. The number of aromatic hydroxyl groups is 1. The summed E-state index contributed by atoms with van der Waals surface area (Å²) in [5, 5.41) is 21.4. The molecule has 1 aliphatic carbocycles. The quantitative estimate of drug-likeness (QED) is 0.298. The summed E-state index contributed by atoms with van der Waals surface area (Å²) in [6.07, 6.45) is 8.03. The topological polar surface area (TPSA) is 75.7 Å². The van der Waals surface area contributed by atoms with Gasteiger partial charge in [-0.25, -0.2) is 4.98 Å². The number of aliphatic hydroxyl groups is 1. The van der Waals surface area contributed by atoms with Crippen molar-refractivity contribution in [3.8, 4) is 5.75 Å². The van der Waals surface area contributed by atoms with Crippen molar-refractivity contribution in [3.63, 3.8) is 0 Å². The van der Waals surface area contributed by atoms with Crippen molar-refractivity contribution < 1.29 is 23.9 Å². The van der Waals surface area contributed by atoms with Gasteiger partial charge in [-0.1, -0.05) is 61.7 Å². The van der Waals surface area contributed by atoms with E-state index < -0.39 is 5.60 Å². The number of benzene rings is 2. The van der Waals surface area contributed by atoms with Crippen LogP contribution in [-0.2, 0) is 23.3 Å². The molecule has 1 fully saturated rings.